The zero-order valence-corrected chi connectivity index (χ0v) is 11.8. The van der Waals surface area contributed by atoms with Crippen LogP contribution in [0.3, 0.4) is 0 Å². The Morgan fingerprint density at radius 3 is 2.38 bits per heavy atom. The van der Waals surface area contributed by atoms with Crippen molar-refractivity contribution < 1.29 is 34.0 Å². The van der Waals surface area contributed by atoms with E-state index in [-0.39, 0.29) is 6.61 Å². The Kier molecular flexibility index (Phi) is 5.00. The van der Waals surface area contributed by atoms with Crippen LogP contribution in [0.1, 0.15) is 6.92 Å². The van der Waals surface area contributed by atoms with Crippen LogP contribution in [0.2, 0.25) is 0 Å². The summed E-state index contributed by atoms with van der Waals surface area (Å²) in [5.41, 5.74) is 0. The van der Waals surface area contributed by atoms with Crippen LogP contribution in [0, 0.1) is 0 Å². The fourth-order valence-electron chi connectivity index (χ4n) is 1.94. The molecule has 0 spiro atoms. The molecule has 21 heavy (non-hydrogen) atoms. The Morgan fingerprint density at radius 2 is 1.81 bits per heavy atom. The Bertz CT molecular complexity index is 473. The number of esters is 1. The van der Waals surface area contributed by atoms with Gasteiger partial charge in [0.25, 0.3) is 0 Å². The van der Waals surface area contributed by atoms with E-state index in [1.165, 1.54) is 6.92 Å². The Morgan fingerprint density at radius 1 is 1.19 bits per heavy atom. The fraction of sp³-hybridized carbons (Fsp3) is 0.500. The van der Waals surface area contributed by atoms with Gasteiger partial charge in [-0.15, -0.1) is 0 Å². The first-order valence-corrected chi connectivity index (χ1v) is 6.47. The van der Waals surface area contributed by atoms with E-state index in [1.54, 1.807) is 31.4 Å². The number of benzene rings is 1. The molecule has 1 fully saturated rings. The van der Waals surface area contributed by atoms with Gasteiger partial charge >= 0.3 is 5.97 Å². The predicted octanol–water partition coefficient (Wildman–Crippen LogP) is 0.0838. The van der Waals surface area contributed by atoms with Crippen LogP contribution in [-0.4, -0.2) is 54.5 Å². The van der Waals surface area contributed by atoms with Crippen LogP contribution in [0.15, 0.2) is 24.3 Å². The highest BCUT2D eigenvalue weighted by Crippen LogP contribution is 2.26. The smallest absolute Gasteiger partial charge is 0.302 e. The maximum atomic E-state index is 10.8. The second kappa shape index (κ2) is 6.75. The summed E-state index contributed by atoms with van der Waals surface area (Å²) in [5, 5.41) is 19.7. The number of carbonyl (C=O) groups excluding carboxylic acids is 1. The second-order valence-corrected chi connectivity index (χ2v) is 4.62. The highest BCUT2D eigenvalue weighted by Gasteiger charge is 2.44. The highest BCUT2D eigenvalue weighted by molar-refractivity contribution is 5.65. The summed E-state index contributed by atoms with van der Waals surface area (Å²) in [4.78, 5) is 10.8. The number of ether oxygens (including phenoxy) is 4. The van der Waals surface area contributed by atoms with Gasteiger partial charge in [0.05, 0.1) is 7.11 Å². The molecule has 1 aliphatic rings. The van der Waals surface area contributed by atoms with Crippen LogP contribution in [0.25, 0.3) is 0 Å². The third-order valence-electron chi connectivity index (χ3n) is 3.08. The lowest BCUT2D eigenvalue weighted by molar-refractivity contribution is -0.151. The summed E-state index contributed by atoms with van der Waals surface area (Å²) in [6.45, 7) is 1.11. The summed E-state index contributed by atoms with van der Waals surface area (Å²) in [6, 6.07) is 6.70. The maximum Gasteiger partial charge on any atom is 0.302 e. The zero-order chi connectivity index (χ0) is 15.4. The minimum absolute atomic E-state index is 0.143. The molecule has 0 saturated carbocycles. The molecule has 0 radical (unpaired) electrons. The molecule has 1 aromatic carbocycles. The number of hydrogen-bond donors (Lipinski definition) is 2. The van der Waals surface area contributed by atoms with Gasteiger partial charge in [-0.1, -0.05) is 0 Å². The molecule has 0 aliphatic carbocycles. The molecule has 2 rings (SSSR count). The quantitative estimate of drug-likeness (QED) is 0.744. The van der Waals surface area contributed by atoms with Gasteiger partial charge in [-0.05, 0) is 24.3 Å². The van der Waals surface area contributed by atoms with Crippen molar-refractivity contribution >= 4 is 5.97 Å². The second-order valence-electron chi connectivity index (χ2n) is 4.62. The number of carbonyl (C=O) groups is 1. The number of aliphatic hydroxyl groups is 2. The molecule has 1 aromatic rings. The molecule has 0 aromatic heterocycles. The zero-order valence-electron chi connectivity index (χ0n) is 11.8. The average molecular weight is 298 g/mol. The van der Waals surface area contributed by atoms with Crippen LogP contribution in [-0.2, 0) is 14.3 Å². The van der Waals surface area contributed by atoms with Crippen molar-refractivity contribution in [2.24, 2.45) is 0 Å². The normalized spacial score (nSPS) is 28.2. The van der Waals surface area contributed by atoms with E-state index in [2.05, 4.69) is 0 Å². The molecule has 1 aliphatic heterocycles. The van der Waals surface area contributed by atoms with Crippen LogP contribution >= 0.6 is 0 Å². The monoisotopic (exact) mass is 298 g/mol. The first kappa shape index (κ1) is 15.6. The minimum atomic E-state index is -1.23. The van der Waals surface area contributed by atoms with Gasteiger partial charge in [-0.2, -0.15) is 0 Å². The summed E-state index contributed by atoms with van der Waals surface area (Å²) in [5.74, 6) is 0.642. The van der Waals surface area contributed by atoms with E-state index in [4.69, 9.17) is 18.9 Å². The molecule has 0 unspecified atom stereocenters. The number of hydrogen-bond acceptors (Lipinski definition) is 7. The summed E-state index contributed by atoms with van der Waals surface area (Å²) >= 11 is 0. The topological polar surface area (TPSA) is 94.5 Å². The van der Waals surface area contributed by atoms with E-state index in [9.17, 15) is 15.0 Å². The average Bonchev–Trinajstić information content (AvgIpc) is 2.74. The van der Waals surface area contributed by atoms with Gasteiger partial charge in [-0.25, -0.2) is 0 Å². The fourth-order valence-corrected chi connectivity index (χ4v) is 1.94. The van der Waals surface area contributed by atoms with Gasteiger partial charge in [-0.3, -0.25) is 4.79 Å². The highest BCUT2D eigenvalue weighted by atomic mass is 16.7. The van der Waals surface area contributed by atoms with Crippen molar-refractivity contribution in [2.75, 3.05) is 13.7 Å². The van der Waals surface area contributed by atoms with Crippen LogP contribution in [0.4, 0.5) is 0 Å². The Labute approximate surface area is 122 Å². The van der Waals surface area contributed by atoms with Crippen molar-refractivity contribution in [1.82, 2.24) is 0 Å². The van der Waals surface area contributed by atoms with E-state index in [0.29, 0.717) is 11.5 Å². The number of aliphatic hydroxyl groups excluding tert-OH is 2. The van der Waals surface area contributed by atoms with E-state index in [0.717, 1.165) is 0 Å². The third kappa shape index (κ3) is 3.84. The van der Waals surface area contributed by atoms with Crippen LogP contribution in [0.5, 0.6) is 11.5 Å². The number of methoxy groups -OCH3 is 1. The molecule has 116 valence electrons. The Hall–Kier alpha value is -1.83. The molecule has 1 heterocycles. The molecule has 7 heteroatoms. The van der Waals surface area contributed by atoms with E-state index < -0.39 is 30.6 Å². The lowest BCUT2D eigenvalue weighted by atomic mass is 10.1. The molecule has 1 saturated heterocycles. The van der Waals surface area contributed by atoms with Gasteiger partial charge in [0, 0.05) is 6.92 Å². The molecule has 7 nitrogen and oxygen atoms in total. The first-order valence-electron chi connectivity index (χ1n) is 6.47. The van der Waals surface area contributed by atoms with Crippen molar-refractivity contribution in [3.8, 4) is 11.5 Å². The van der Waals surface area contributed by atoms with Crippen molar-refractivity contribution in [3.63, 3.8) is 0 Å². The van der Waals surface area contributed by atoms with Crippen LogP contribution < -0.4 is 9.47 Å². The standard InChI is InChI=1S/C14H18O7/c1-8(15)19-7-11-12(16)13(17)14(21-11)20-10-5-3-9(18-2)4-6-10/h3-6,11-14,16-17H,7H2,1-2H3/t11-,12-,13-,14-/m1/s1. The van der Waals surface area contributed by atoms with Crippen molar-refractivity contribution in [3.05, 3.63) is 24.3 Å². The molecule has 0 bridgehead atoms. The molecular weight excluding hydrogens is 280 g/mol. The number of rotatable bonds is 5. The Balaban J connectivity index is 1.95. The summed E-state index contributed by atoms with van der Waals surface area (Å²) < 4.78 is 20.6. The third-order valence-corrected chi connectivity index (χ3v) is 3.08. The first-order chi connectivity index (χ1) is 10.0. The van der Waals surface area contributed by atoms with Gasteiger partial charge in [0.2, 0.25) is 6.29 Å². The lowest BCUT2D eigenvalue weighted by Crippen LogP contribution is -2.36. The minimum Gasteiger partial charge on any atom is -0.497 e. The maximum absolute atomic E-state index is 10.8. The van der Waals surface area contributed by atoms with E-state index in [1.807, 2.05) is 0 Å². The largest absolute Gasteiger partial charge is 0.497 e. The summed E-state index contributed by atoms with van der Waals surface area (Å²) in [6.07, 6.45) is -4.28. The summed E-state index contributed by atoms with van der Waals surface area (Å²) in [7, 11) is 1.55. The van der Waals surface area contributed by atoms with Gasteiger partial charge in [0.1, 0.15) is 36.4 Å². The predicted molar refractivity (Wildman–Crippen MR) is 70.9 cm³/mol. The molecule has 2 N–H and O–H groups in total. The molecule has 4 atom stereocenters. The van der Waals surface area contributed by atoms with Gasteiger partial charge < -0.3 is 29.2 Å². The lowest BCUT2D eigenvalue weighted by Gasteiger charge is -2.16. The van der Waals surface area contributed by atoms with Crippen molar-refractivity contribution in [1.29, 1.82) is 0 Å². The SMILES string of the molecule is COc1ccc(O[C@@H]2O[C@H](COC(C)=O)[C@@H](O)[C@H]2O)cc1. The molecule has 0 amide bonds. The molecular formula is C14H18O7. The van der Waals surface area contributed by atoms with E-state index >= 15 is 0 Å². The van der Waals surface area contributed by atoms with Crippen molar-refractivity contribution in [2.45, 2.75) is 31.5 Å². The van der Waals surface area contributed by atoms with Gasteiger partial charge in [0.15, 0.2) is 0 Å².